The van der Waals surface area contributed by atoms with E-state index >= 15 is 0 Å². The van der Waals surface area contributed by atoms with Crippen molar-refractivity contribution in [2.45, 2.75) is 32.7 Å². The molecule has 3 rings (SSSR count). The van der Waals surface area contributed by atoms with Crippen molar-refractivity contribution in [2.75, 3.05) is 17.2 Å². The minimum absolute atomic E-state index is 0.570. The average molecular weight is 255 g/mol. The van der Waals surface area contributed by atoms with Gasteiger partial charge in [0.25, 0.3) is 0 Å². The van der Waals surface area contributed by atoms with Gasteiger partial charge in [-0.3, -0.25) is 4.98 Å². The van der Waals surface area contributed by atoms with Gasteiger partial charge in [0, 0.05) is 29.9 Å². The molecule has 2 aromatic rings. The number of nitrogens with two attached hydrogens (primary N) is 1. The standard InChI is InChI=1S/C16H21N3/c1-11-5-4-10-19(12(11)2)15-8-7-14(17)16-13(15)6-3-9-18-16/h3,6-9,11-12H,4-5,10,17H2,1-2H3. The number of fused-ring (bicyclic) bond motifs is 1. The van der Waals surface area contributed by atoms with Gasteiger partial charge in [0.1, 0.15) is 0 Å². The summed E-state index contributed by atoms with van der Waals surface area (Å²) in [5.74, 6) is 0.734. The largest absolute Gasteiger partial charge is 0.397 e. The van der Waals surface area contributed by atoms with Gasteiger partial charge in [0.05, 0.1) is 11.2 Å². The molecule has 2 N–H and O–H groups in total. The number of hydrogen-bond donors (Lipinski definition) is 1. The van der Waals surface area contributed by atoms with Gasteiger partial charge in [-0.2, -0.15) is 0 Å². The van der Waals surface area contributed by atoms with Gasteiger partial charge in [-0.25, -0.2) is 0 Å². The highest BCUT2D eigenvalue weighted by atomic mass is 15.2. The molecule has 1 aromatic heterocycles. The van der Waals surface area contributed by atoms with Crippen LogP contribution in [0.5, 0.6) is 0 Å². The molecule has 3 nitrogen and oxygen atoms in total. The van der Waals surface area contributed by atoms with Gasteiger partial charge in [-0.15, -0.1) is 0 Å². The molecule has 2 atom stereocenters. The summed E-state index contributed by atoms with van der Waals surface area (Å²) in [6.45, 7) is 5.79. The summed E-state index contributed by atoms with van der Waals surface area (Å²) < 4.78 is 0. The van der Waals surface area contributed by atoms with Crippen LogP contribution in [0.3, 0.4) is 0 Å². The molecule has 1 aliphatic heterocycles. The molecule has 1 aromatic carbocycles. The van der Waals surface area contributed by atoms with Gasteiger partial charge >= 0.3 is 0 Å². The van der Waals surface area contributed by atoms with E-state index in [2.05, 4.69) is 35.9 Å². The predicted octanol–water partition coefficient (Wildman–Crippen LogP) is 3.44. The number of anilines is 2. The number of pyridine rings is 1. The fraction of sp³-hybridized carbons (Fsp3) is 0.438. The van der Waals surface area contributed by atoms with Crippen molar-refractivity contribution in [3.05, 3.63) is 30.5 Å². The molecule has 0 spiro atoms. The maximum absolute atomic E-state index is 6.04. The van der Waals surface area contributed by atoms with Crippen molar-refractivity contribution in [3.8, 4) is 0 Å². The van der Waals surface area contributed by atoms with E-state index in [0.29, 0.717) is 6.04 Å². The normalized spacial score (nSPS) is 23.8. The van der Waals surface area contributed by atoms with E-state index in [1.165, 1.54) is 23.9 Å². The third-order valence-electron chi connectivity index (χ3n) is 4.46. The van der Waals surface area contributed by atoms with E-state index in [0.717, 1.165) is 23.7 Å². The monoisotopic (exact) mass is 255 g/mol. The van der Waals surface area contributed by atoms with Crippen molar-refractivity contribution in [2.24, 2.45) is 5.92 Å². The quantitative estimate of drug-likeness (QED) is 0.794. The van der Waals surface area contributed by atoms with E-state index in [1.54, 1.807) is 0 Å². The summed E-state index contributed by atoms with van der Waals surface area (Å²) in [4.78, 5) is 6.94. The average Bonchev–Trinajstić information content (AvgIpc) is 2.43. The van der Waals surface area contributed by atoms with Gasteiger partial charge in [-0.1, -0.05) is 6.92 Å². The molecule has 2 heterocycles. The van der Waals surface area contributed by atoms with Crippen molar-refractivity contribution in [1.82, 2.24) is 4.98 Å². The topological polar surface area (TPSA) is 42.1 Å². The molecule has 19 heavy (non-hydrogen) atoms. The first-order valence-electron chi connectivity index (χ1n) is 7.08. The lowest BCUT2D eigenvalue weighted by molar-refractivity contribution is 0.364. The first kappa shape index (κ1) is 12.3. The van der Waals surface area contributed by atoms with Crippen LogP contribution >= 0.6 is 0 Å². The predicted molar refractivity (Wildman–Crippen MR) is 81.4 cm³/mol. The van der Waals surface area contributed by atoms with Crippen LogP contribution in [-0.2, 0) is 0 Å². The molecule has 1 saturated heterocycles. The van der Waals surface area contributed by atoms with Gasteiger partial charge in [-0.05, 0) is 49.9 Å². The minimum atomic E-state index is 0.570. The molecule has 0 bridgehead atoms. The van der Waals surface area contributed by atoms with Crippen LogP contribution in [0, 0.1) is 5.92 Å². The first-order valence-corrected chi connectivity index (χ1v) is 7.08. The molecule has 0 aliphatic carbocycles. The van der Waals surface area contributed by atoms with Crippen LogP contribution in [0.2, 0.25) is 0 Å². The van der Waals surface area contributed by atoms with Crippen LogP contribution in [-0.4, -0.2) is 17.6 Å². The Bertz CT molecular complexity index is 594. The van der Waals surface area contributed by atoms with Crippen LogP contribution in [0.4, 0.5) is 11.4 Å². The van der Waals surface area contributed by atoms with Gasteiger partial charge in [0.2, 0.25) is 0 Å². The van der Waals surface area contributed by atoms with Crippen LogP contribution < -0.4 is 10.6 Å². The highest BCUT2D eigenvalue weighted by molar-refractivity contribution is 5.98. The summed E-state index contributed by atoms with van der Waals surface area (Å²) in [7, 11) is 0. The molecular weight excluding hydrogens is 234 g/mol. The third-order valence-corrected chi connectivity index (χ3v) is 4.46. The van der Waals surface area contributed by atoms with Crippen LogP contribution in [0.1, 0.15) is 26.7 Å². The number of nitrogens with zero attached hydrogens (tertiary/aromatic N) is 2. The zero-order valence-corrected chi connectivity index (χ0v) is 11.6. The summed E-state index contributed by atoms with van der Waals surface area (Å²) >= 11 is 0. The number of aromatic nitrogens is 1. The number of hydrogen-bond acceptors (Lipinski definition) is 3. The number of piperidine rings is 1. The number of benzene rings is 1. The van der Waals surface area contributed by atoms with E-state index in [1.807, 2.05) is 18.3 Å². The lowest BCUT2D eigenvalue weighted by atomic mass is 9.91. The van der Waals surface area contributed by atoms with Gasteiger partial charge < -0.3 is 10.6 Å². The molecule has 0 saturated carbocycles. The summed E-state index contributed by atoms with van der Waals surface area (Å²) in [6, 6.07) is 8.81. The Labute approximate surface area is 114 Å². The summed E-state index contributed by atoms with van der Waals surface area (Å²) in [5.41, 5.74) is 8.99. The third kappa shape index (κ3) is 2.03. The summed E-state index contributed by atoms with van der Waals surface area (Å²) in [5, 5.41) is 1.17. The Morgan fingerprint density at radius 1 is 1.26 bits per heavy atom. The Balaban J connectivity index is 2.12. The second kappa shape index (κ2) is 4.72. The molecule has 1 aliphatic rings. The maximum atomic E-state index is 6.04. The molecule has 1 fully saturated rings. The second-order valence-electron chi connectivity index (χ2n) is 5.63. The minimum Gasteiger partial charge on any atom is -0.397 e. The van der Waals surface area contributed by atoms with Crippen LogP contribution in [0.25, 0.3) is 10.9 Å². The Kier molecular flexibility index (Phi) is 3.05. The maximum Gasteiger partial charge on any atom is 0.0951 e. The smallest absolute Gasteiger partial charge is 0.0951 e. The highest BCUT2D eigenvalue weighted by Gasteiger charge is 2.26. The zero-order chi connectivity index (χ0) is 13.4. The van der Waals surface area contributed by atoms with E-state index in [4.69, 9.17) is 5.73 Å². The molecule has 0 radical (unpaired) electrons. The van der Waals surface area contributed by atoms with Crippen molar-refractivity contribution in [3.63, 3.8) is 0 Å². The Morgan fingerprint density at radius 3 is 2.95 bits per heavy atom. The molecular formula is C16H21N3. The fourth-order valence-electron chi connectivity index (χ4n) is 3.11. The Morgan fingerprint density at radius 2 is 2.11 bits per heavy atom. The van der Waals surface area contributed by atoms with Crippen molar-refractivity contribution >= 4 is 22.3 Å². The van der Waals surface area contributed by atoms with E-state index in [-0.39, 0.29) is 0 Å². The van der Waals surface area contributed by atoms with Gasteiger partial charge in [0.15, 0.2) is 0 Å². The Hall–Kier alpha value is -1.77. The first-order chi connectivity index (χ1) is 9.18. The highest BCUT2D eigenvalue weighted by Crippen LogP contribution is 2.34. The fourth-order valence-corrected chi connectivity index (χ4v) is 3.11. The van der Waals surface area contributed by atoms with Crippen molar-refractivity contribution < 1.29 is 0 Å². The number of nitrogen functional groups attached to an aromatic ring is 1. The van der Waals surface area contributed by atoms with E-state index in [9.17, 15) is 0 Å². The zero-order valence-electron chi connectivity index (χ0n) is 11.6. The van der Waals surface area contributed by atoms with E-state index < -0.39 is 0 Å². The molecule has 0 amide bonds. The second-order valence-corrected chi connectivity index (χ2v) is 5.63. The lowest BCUT2D eigenvalue weighted by Crippen LogP contribution is -2.42. The number of rotatable bonds is 1. The van der Waals surface area contributed by atoms with Crippen LogP contribution in [0.15, 0.2) is 30.5 Å². The van der Waals surface area contributed by atoms with Crippen molar-refractivity contribution in [1.29, 1.82) is 0 Å². The molecule has 3 heteroatoms. The molecule has 2 unspecified atom stereocenters. The summed E-state index contributed by atoms with van der Waals surface area (Å²) in [6.07, 6.45) is 4.39. The SMILES string of the molecule is CC1CCCN(c2ccc(N)c3ncccc23)C1C. The molecule has 100 valence electrons. The lowest BCUT2D eigenvalue weighted by Gasteiger charge is -2.40.